The van der Waals surface area contributed by atoms with Crippen LogP contribution in [0.3, 0.4) is 0 Å². The zero-order valence-electron chi connectivity index (χ0n) is 13.9. The van der Waals surface area contributed by atoms with E-state index in [0.717, 1.165) is 25.3 Å². The smallest absolute Gasteiger partial charge is 0.122 e. The van der Waals surface area contributed by atoms with Gasteiger partial charge in [0, 0.05) is 29.9 Å². The van der Waals surface area contributed by atoms with Crippen molar-refractivity contribution in [2.45, 2.75) is 45.3 Å². The zero-order valence-corrected chi connectivity index (χ0v) is 14.7. The van der Waals surface area contributed by atoms with Crippen molar-refractivity contribution < 1.29 is 0 Å². The van der Waals surface area contributed by atoms with Crippen LogP contribution >= 0.6 is 11.3 Å². The number of nitrogens with zero attached hydrogens (tertiary/aromatic N) is 3. The molecule has 1 aromatic carbocycles. The van der Waals surface area contributed by atoms with Gasteiger partial charge in [0.1, 0.15) is 5.82 Å². The van der Waals surface area contributed by atoms with Gasteiger partial charge in [0.05, 0.1) is 17.2 Å². The number of hydrogen-bond donors (Lipinski definition) is 1. The van der Waals surface area contributed by atoms with Crippen LogP contribution in [0.4, 0.5) is 0 Å². The van der Waals surface area contributed by atoms with Crippen LogP contribution in [0.1, 0.15) is 45.9 Å². The molecule has 5 heteroatoms. The molecule has 1 N–H and O–H groups in total. The van der Waals surface area contributed by atoms with Gasteiger partial charge in [-0.25, -0.2) is 9.97 Å². The maximum Gasteiger partial charge on any atom is 0.122 e. The van der Waals surface area contributed by atoms with Crippen molar-refractivity contribution in [1.82, 2.24) is 19.9 Å². The molecule has 0 aliphatic heterocycles. The molecule has 1 unspecified atom stereocenters. The van der Waals surface area contributed by atoms with Crippen LogP contribution in [0.2, 0.25) is 0 Å². The summed E-state index contributed by atoms with van der Waals surface area (Å²) in [4.78, 5) is 10.7. The molecule has 0 spiro atoms. The zero-order chi connectivity index (χ0) is 16.4. The Morgan fingerprint density at radius 1 is 1.29 bits per heavy atom. The average molecular weight is 338 g/mol. The number of rotatable bonds is 5. The number of fused-ring (bicyclic) bond motifs is 1. The average Bonchev–Trinajstić information content (AvgIpc) is 3.19. The van der Waals surface area contributed by atoms with Gasteiger partial charge in [0.25, 0.3) is 0 Å². The second-order valence-electron chi connectivity index (χ2n) is 6.33. The van der Waals surface area contributed by atoms with Crippen molar-refractivity contribution in [3.8, 4) is 0 Å². The third kappa shape index (κ3) is 3.28. The number of nitrogens with one attached hydrogen (secondary N) is 1. The summed E-state index contributed by atoms with van der Waals surface area (Å²) in [5.41, 5.74) is 2.60. The third-order valence-electron chi connectivity index (χ3n) is 4.56. The van der Waals surface area contributed by atoms with Crippen LogP contribution in [0, 0.1) is 6.92 Å². The van der Waals surface area contributed by atoms with Gasteiger partial charge in [-0.1, -0.05) is 30.3 Å². The van der Waals surface area contributed by atoms with Crippen LogP contribution in [-0.4, -0.2) is 14.5 Å². The Morgan fingerprint density at radius 3 is 3.04 bits per heavy atom. The summed E-state index contributed by atoms with van der Waals surface area (Å²) in [6.45, 7) is 3.76. The second kappa shape index (κ2) is 6.87. The maximum atomic E-state index is 4.68. The first kappa shape index (κ1) is 15.5. The molecule has 1 aliphatic carbocycles. The number of hydrogen-bond acceptors (Lipinski definition) is 4. The van der Waals surface area contributed by atoms with Crippen molar-refractivity contribution >= 4 is 11.3 Å². The molecule has 0 saturated carbocycles. The second-order valence-corrected chi connectivity index (χ2v) is 7.56. The minimum atomic E-state index is 0.418. The van der Waals surface area contributed by atoms with Crippen LogP contribution in [0.5, 0.6) is 0 Å². The van der Waals surface area contributed by atoms with Gasteiger partial charge in [-0.3, -0.25) is 0 Å². The Kier molecular flexibility index (Phi) is 4.45. The van der Waals surface area contributed by atoms with Gasteiger partial charge in [0.15, 0.2) is 0 Å². The van der Waals surface area contributed by atoms with E-state index in [4.69, 9.17) is 0 Å². The molecule has 124 valence electrons. The highest BCUT2D eigenvalue weighted by Gasteiger charge is 2.23. The molecule has 2 heterocycles. The monoisotopic (exact) mass is 338 g/mol. The predicted octanol–water partition coefficient (Wildman–Crippen LogP) is 3.86. The van der Waals surface area contributed by atoms with E-state index in [9.17, 15) is 0 Å². The first-order valence-corrected chi connectivity index (χ1v) is 9.35. The Morgan fingerprint density at radius 2 is 2.17 bits per heavy atom. The van der Waals surface area contributed by atoms with Crippen LogP contribution < -0.4 is 5.32 Å². The normalized spacial score (nSPS) is 17.0. The summed E-state index contributed by atoms with van der Waals surface area (Å²) >= 11 is 1.84. The summed E-state index contributed by atoms with van der Waals surface area (Å²) in [6.07, 6.45) is 7.48. The van der Waals surface area contributed by atoms with Crippen LogP contribution in [0.25, 0.3) is 0 Å². The highest BCUT2D eigenvalue weighted by atomic mass is 32.1. The topological polar surface area (TPSA) is 42.7 Å². The van der Waals surface area contributed by atoms with E-state index in [1.165, 1.54) is 34.0 Å². The predicted molar refractivity (Wildman–Crippen MR) is 97.1 cm³/mol. The van der Waals surface area contributed by atoms with Crippen LogP contribution in [-0.2, 0) is 19.5 Å². The SMILES string of the molecule is Cc1nc2c(s1)C(NCc1nccn1Cc1ccccc1)CCC2. The Hall–Kier alpha value is -1.98. The highest BCUT2D eigenvalue weighted by molar-refractivity contribution is 7.11. The summed E-state index contributed by atoms with van der Waals surface area (Å²) in [6, 6.07) is 11.0. The quantitative estimate of drug-likeness (QED) is 0.768. The minimum Gasteiger partial charge on any atom is -0.329 e. The van der Waals surface area contributed by atoms with Gasteiger partial charge in [-0.05, 0) is 31.7 Å². The molecule has 0 saturated heterocycles. The molecule has 4 nitrogen and oxygen atoms in total. The summed E-state index contributed by atoms with van der Waals surface area (Å²) in [5.74, 6) is 1.09. The lowest BCUT2D eigenvalue weighted by Gasteiger charge is -2.22. The molecule has 3 aromatic rings. The highest BCUT2D eigenvalue weighted by Crippen LogP contribution is 2.34. The van der Waals surface area contributed by atoms with E-state index in [0.29, 0.717) is 6.04 Å². The molecule has 0 amide bonds. The molecule has 2 aromatic heterocycles. The fourth-order valence-corrected chi connectivity index (χ4v) is 4.47. The van der Waals surface area contributed by atoms with Crippen molar-refractivity contribution in [3.05, 3.63) is 69.7 Å². The number of aromatic nitrogens is 3. The standard InChI is InChI=1S/C19H22N4S/c1-14-22-17-9-5-8-16(19(17)24-14)21-12-18-20-10-11-23(18)13-15-6-3-2-4-7-15/h2-4,6-7,10-11,16,21H,5,8-9,12-13H2,1H3. The molecule has 1 atom stereocenters. The summed E-state index contributed by atoms with van der Waals surface area (Å²) < 4.78 is 2.23. The molecule has 1 aliphatic rings. The van der Waals surface area contributed by atoms with Gasteiger partial charge >= 0.3 is 0 Å². The number of benzene rings is 1. The Bertz CT molecular complexity index is 806. The number of imidazole rings is 1. The van der Waals surface area contributed by atoms with Crippen molar-refractivity contribution in [2.75, 3.05) is 0 Å². The van der Waals surface area contributed by atoms with E-state index in [1.54, 1.807) is 0 Å². The van der Waals surface area contributed by atoms with E-state index in [2.05, 4.69) is 63.3 Å². The number of aryl methyl sites for hydroxylation is 2. The van der Waals surface area contributed by atoms with Gasteiger partial charge in [-0.15, -0.1) is 11.3 Å². The van der Waals surface area contributed by atoms with Gasteiger partial charge in [-0.2, -0.15) is 0 Å². The van der Waals surface area contributed by atoms with E-state index < -0.39 is 0 Å². The summed E-state index contributed by atoms with van der Waals surface area (Å²) in [7, 11) is 0. The third-order valence-corrected chi connectivity index (χ3v) is 5.69. The fourth-order valence-electron chi connectivity index (χ4n) is 3.38. The van der Waals surface area contributed by atoms with Crippen molar-refractivity contribution in [1.29, 1.82) is 0 Å². The maximum absolute atomic E-state index is 4.68. The van der Waals surface area contributed by atoms with E-state index in [-0.39, 0.29) is 0 Å². The van der Waals surface area contributed by atoms with E-state index >= 15 is 0 Å². The van der Waals surface area contributed by atoms with Crippen molar-refractivity contribution in [3.63, 3.8) is 0 Å². The molecular weight excluding hydrogens is 316 g/mol. The molecule has 24 heavy (non-hydrogen) atoms. The molecular formula is C19H22N4S. The minimum absolute atomic E-state index is 0.418. The van der Waals surface area contributed by atoms with Gasteiger partial charge < -0.3 is 9.88 Å². The number of thiazole rings is 1. The van der Waals surface area contributed by atoms with Crippen LogP contribution in [0.15, 0.2) is 42.7 Å². The van der Waals surface area contributed by atoms with Crippen molar-refractivity contribution in [2.24, 2.45) is 0 Å². The lowest BCUT2D eigenvalue weighted by Crippen LogP contribution is -2.25. The summed E-state index contributed by atoms with van der Waals surface area (Å²) in [5, 5.41) is 4.89. The van der Waals surface area contributed by atoms with Gasteiger partial charge in [0.2, 0.25) is 0 Å². The molecule has 0 bridgehead atoms. The lowest BCUT2D eigenvalue weighted by molar-refractivity contribution is 0.452. The Balaban J connectivity index is 1.45. The first-order chi connectivity index (χ1) is 11.8. The molecule has 0 radical (unpaired) electrons. The molecule has 0 fully saturated rings. The Labute approximate surface area is 146 Å². The van der Waals surface area contributed by atoms with E-state index in [1.807, 2.05) is 17.5 Å². The largest absolute Gasteiger partial charge is 0.329 e. The molecule has 4 rings (SSSR count). The first-order valence-electron chi connectivity index (χ1n) is 8.53. The lowest BCUT2D eigenvalue weighted by atomic mass is 9.98. The fraction of sp³-hybridized carbons (Fsp3) is 0.368.